The molecule has 144 valence electrons. The summed E-state index contributed by atoms with van der Waals surface area (Å²) in [5.41, 5.74) is 0.408. The molecule has 1 aromatic carbocycles. The highest BCUT2D eigenvalue weighted by Crippen LogP contribution is 2.17. The van der Waals surface area contributed by atoms with Gasteiger partial charge in [-0.25, -0.2) is 8.42 Å². The Morgan fingerprint density at radius 1 is 1.31 bits per heavy atom. The number of carbonyl (C=O) groups excluding carboxylic acids is 1. The molecule has 8 heteroatoms. The lowest BCUT2D eigenvalue weighted by atomic mass is 10.1. The highest BCUT2D eigenvalue weighted by atomic mass is 32.2. The van der Waals surface area contributed by atoms with Crippen LogP contribution in [0.1, 0.15) is 40.0 Å². The molecule has 0 fully saturated rings. The lowest BCUT2D eigenvalue weighted by Crippen LogP contribution is -2.30. The normalized spacial score (nSPS) is 15.6. The van der Waals surface area contributed by atoms with Gasteiger partial charge in [0.2, 0.25) is 0 Å². The first-order valence-corrected chi connectivity index (χ1v) is 10.3. The SMILES string of the molecule is CC(C)CCOC(C)C(=O)Nc1cccc(S(=O)(=O)NC2=NCCC2)c1. The number of benzene rings is 1. The van der Waals surface area contributed by atoms with Crippen molar-refractivity contribution in [3.8, 4) is 0 Å². The van der Waals surface area contributed by atoms with Crippen molar-refractivity contribution in [2.75, 3.05) is 18.5 Å². The Kier molecular flexibility index (Phi) is 7.16. The van der Waals surface area contributed by atoms with Gasteiger partial charge in [0, 0.05) is 25.3 Å². The van der Waals surface area contributed by atoms with Gasteiger partial charge in [0.15, 0.2) is 0 Å². The van der Waals surface area contributed by atoms with Gasteiger partial charge >= 0.3 is 0 Å². The number of anilines is 1. The molecule has 1 aliphatic rings. The van der Waals surface area contributed by atoms with Crippen molar-refractivity contribution in [2.45, 2.75) is 51.0 Å². The van der Waals surface area contributed by atoms with Crippen LogP contribution in [0.4, 0.5) is 5.69 Å². The molecule has 1 aromatic rings. The van der Waals surface area contributed by atoms with Crippen LogP contribution in [0.2, 0.25) is 0 Å². The number of carbonyl (C=O) groups is 1. The molecule has 0 saturated heterocycles. The molecular weight excluding hydrogens is 354 g/mol. The van der Waals surface area contributed by atoms with Gasteiger partial charge in [0.1, 0.15) is 11.9 Å². The summed E-state index contributed by atoms with van der Waals surface area (Å²) in [4.78, 5) is 16.4. The number of hydrogen-bond donors (Lipinski definition) is 2. The standard InChI is InChI=1S/C18H27N3O4S/c1-13(2)9-11-25-14(3)18(22)20-15-6-4-7-16(12-15)26(23,24)21-17-8-5-10-19-17/h4,6-7,12-14H,5,8-11H2,1-3H3,(H,19,21)(H,20,22). The molecule has 0 aromatic heterocycles. The van der Waals surface area contributed by atoms with E-state index >= 15 is 0 Å². The number of amidine groups is 1. The summed E-state index contributed by atoms with van der Waals surface area (Å²) in [5.74, 6) is 0.673. The number of nitrogens with zero attached hydrogens (tertiary/aromatic N) is 1. The van der Waals surface area contributed by atoms with Crippen LogP contribution in [0.3, 0.4) is 0 Å². The van der Waals surface area contributed by atoms with Crippen molar-refractivity contribution in [1.29, 1.82) is 0 Å². The van der Waals surface area contributed by atoms with Crippen LogP contribution in [-0.4, -0.2) is 39.4 Å². The first-order valence-electron chi connectivity index (χ1n) is 8.86. The summed E-state index contributed by atoms with van der Waals surface area (Å²) in [6.07, 6.45) is 1.74. The summed E-state index contributed by atoms with van der Waals surface area (Å²) in [5, 5.41) is 2.70. The summed E-state index contributed by atoms with van der Waals surface area (Å²) < 4.78 is 32.9. The van der Waals surface area contributed by atoms with E-state index in [4.69, 9.17) is 4.74 Å². The zero-order valence-corrected chi connectivity index (χ0v) is 16.3. The number of sulfonamides is 1. The van der Waals surface area contributed by atoms with E-state index < -0.39 is 16.1 Å². The summed E-state index contributed by atoms with van der Waals surface area (Å²) >= 11 is 0. The Morgan fingerprint density at radius 2 is 2.08 bits per heavy atom. The van der Waals surface area contributed by atoms with Crippen molar-refractivity contribution >= 4 is 27.5 Å². The fraction of sp³-hybridized carbons (Fsp3) is 0.556. The number of hydrogen-bond acceptors (Lipinski definition) is 5. The van der Waals surface area contributed by atoms with Crippen molar-refractivity contribution in [3.05, 3.63) is 24.3 Å². The number of amides is 1. The average Bonchev–Trinajstić information content (AvgIpc) is 3.07. The van der Waals surface area contributed by atoms with Gasteiger partial charge in [-0.05, 0) is 43.9 Å². The van der Waals surface area contributed by atoms with Crippen LogP contribution in [-0.2, 0) is 19.6 Å². The summed E-state index contributed by atoms with van der Waals surface area (Å²) in [7, 11) is -3.71. The van der Waals surface area contributed by atoms with Gasteiger partial charge in [-0.1, -0.05) is 19.9 Å². The minimum absolute atomic E-state index is 0.0817. The fourth-order valence-corrected chi connectivity index (χ4v) is 3.51. The van der Waals surface area contributed by atoms with Gasteiger partial charge in [-0.2, -0.15) is 0 Å². The molecule has 26 heavy (non-hydrogen) atoms. The van der Waals surface area contributed by atoms with E-state index in [1.807, 2.05) is 0 Å². The minimum atomic E-state index is -3.71. The quantitative estimate of drug-likeness (QED) is 0.723. The van der Waals surface area contributed by atoms with Gasteiger partial charge in [-0.15, -0.1) is 0 Å². The zero-order chi connectivity index (χ0) is 19.2. The monoisotopic (exact) mass is 381 g/mol. The molecule has 0 radical (unpaired) electrons. The maximum absolute atomic E-state index is 12.4. The highest BCUT2D eigenvalue weighted by Gasteiger charge is 2.19. The number of ether oxygens (including phenoxy) is 1. The van der Waals surface area contributed by atoms with E-state index in [1.54, 1.807) is 19.1 Å². The van der Waals surface area contributed by atoms with E-state index in [0.29, 0.717) is 37.0 Å². The zero-order valence-electron chi connectivity index (χ0n) is 15.5. The van der Waals surface area contributed by atoms with Crippen LogP contribution in [0, 0.1) is 5.92 Å². The number of rotatable bonds is 8. The lowest BCUT2D eigenvalue weighted by Gasteiger charge is -2.15. The molecule has 0 spiro atoms. The maximum Gasteiger partial charge on any atom is 0.262 e. The third-order valence-corrected chi connectivity index (χ3v) is 5.35. The van der Waals surface area contributed by atoms with Crippen LogP contribution in [0.5, 0.6) is 0 Å². The lowest BCUT2D eigenvalue weighted by molar-refractivity contribution is -0.126. The third kappa shape index (κ3) is 6.10. The molecule has 7 nitrogen and oxygen atoms in total. The molecule has 0 aliphatic carbocycles. The number of aliphatic imine (C=N–C) groups is 1. The Bertz CT molecular complexity index is 759. The van der Waals surface area contributed by atoms with Crippen molar-refractivity contribution in [3.63, 3.8) is 0 Å². The maximum atomic E-state index is 12.4. The van der Waals surface area contributed by atoms with E-state index in [1.165, 1.54) is 12.1 Å². The predicted octanol–water partition coefficient (Wildman–Crippen LogP) is 2.55. The highest BCUT2D eigenvalue weighted by molar-refractivity contribution is 7.90. The molecule has 2 rings (SSSR count). The minimum Gasteiger partial charge on any atom is -0.369 e. The first-order chi connectivity index (χ1) is 12.3. The van der Waals surface area contributed by atoms with Gasteiger partial charge in [0.25, 0.3) is 15.9 Å². The molecule has 0 saturated carbocycles. The second-order valence-corrected chi connectivity index (χ2v) is 8.43. The molecular formula is C18H27N3O4S. The second-order valence-electron chi connectivity index (χ2n) is 6.75. The van der Waals surface area contributed by atoms with Crippen LogP contribution in [0.15, 0.2) is 34.2 Å². The van der Waals surface area contributed by atoms with Crippen LogP contribution in [0.25, 0.3) is 0 Å². The Labute approximate surface area is 155 Å². The van der Waals surface area contributed by atoms with E-state index in [-0.39, 0.29) is 10.8 Å². The predicted molar refractivity (Wildman–Crippen MR) is 102 cm³/mol. The van der Waals surface area contributed by atoms with Crippen molar-refractivity contribution < 1.29 is 17.9 Å². The van der Waals surface area contributed by atoms with Crippen LogP contribution >= 0.6 is 0 Å². The number of nitrogens with one attached hydrogen (secondary N) is 2. The third-order valence-electron chi connectivity index (χ3n) is 3.97. The van der Waals surface area contributed by atoms with Gasteiger partial charge in [-0.3, -0.25) is 14.5 Å². The van der Waals surface area contributed by atoms with E-state index in [2.05, 4.69) is 28.9 Å². The summed E-state index contributed by atoms with van der Waals surface area (Å²) in [6.45, 7) is 7.00. The van der Waals surface area contributed by atoms with Crippen molar-refractivity contribution in [1.82, 2.24) is 4.72 Å². The van der Waals surface area contributed by atoms with Gasteiger partial charge < -0.3 is 10.1 Å². The smallest absolute Gasteiger partial charge is 0.262 e. The van der Waals surface area contributed by atoms with Gasteiger partial charge in [0.05, 0.1) is 4.90 Å². The first kappa shape index (κ1) is 20.4. The molecule has 0 bridgehead atoms. The molecule has 1 amide bonds. The molecule has 1 heterocycles. The summed E-state index contributed by atoms with van der Waals surface area (Å²) in [6, 6.07) is 6.14. The molecule has 2 N–H and O–H groups in total. The molecule has 1 unspecified atom stereocenters. The van der Waals surface area contributed by atoms with Crippen molar-refractivity contribution in [2.24, 2.45) is 10.9 Å². The Hall–Kier alpha value is -1.93. The molecule has 1 aliphatic heterocycles. The van der Waals surface area contributed by atoms with E-state index in [9.17, 15) is 13.2 Å². The largest absolute Gasteiger partial charge is 0.369 e. The average molecular weight is 381 g/mol. The second kappa shape index (κ2) is 9.14. The van der Waals surface area contributed by atoms with Crippen LogP contribution < -0.4 is 10.0 Å². The van der Waals surface area contributed by atoms with E-state index in [0.717, 1.165) is 12.8 Å². The molecule has 1 atom stereocenters. The Morgan fingerprint density at radius 3 is 2.73 bits per heavy atom. The fourth-order valence-electron chi connectivity index (χ4n) is 2.38. The topological polar surface area (TPSA) is 96.9 Å². The Balaban J connectivity index is 1.98.